The topological polar surface area (TPSA) is 43.9 Å². The van der Waals surface area contributed by atoms with Crippen molar-refractivity contribution in [3.63, 3.8) is 0 Å². The average Bonchev–Trinajstić information content (AvgIpc) is 3.12. The molecule has 0 bridgehead atoms. The molecule has 0 aliphatic carbocycles. The number of fused-ring (bicyclic) bond motifs is 4. The summed E-state index contributed by atoms with van der Waals surface area (Å²) in [5, 5.41) is 6.70. The van der Waals surface area contributed by atoms with E-state index >= 15 is 0 Å². The molecule has 3 heterocycles. The first kappa shape index (κ1) is 12.4. The number of pyridine rings is 1. The molecule has 23 heavy (non-hydrogen) atoms. The molecule has 0 saturated heterocycles. The third kappa shape index (κ3) is 1.72. The molecule has 0 aliphatic rings. The number of para-hydroxylation sites is 2. The molecule has 0 saturated carbocycles. The van der Waals surface area contributed by atoms with Crippen LogP contribution in [0.15, 0.2) is 65.1 Å². The van der Waals surface area contributed by atoms with Crippen LogP contribution in [0.3, 0.4) is 0 Å². The van der Waals surface area contributed by atoms with Gasteiger partial charge in [0.25, 0.3) is 0 Å². The van der Waals surface area contributed by atoms with Gasteiger partial charge in [0, 0.05) is 10.8 Å². The molecule has 0 unspecified atom stereocenters. The first-order valence-corrected chi connectivity index (χ1v) is 7.54. The maximum Gasteiger partial charge on any atom is 0.164 e. The van der Waals surface area contributed by atoms with Crippen LogP contribution in [0.5, 0.6) is 0 Å². The summed E-state index contributed by atoms with van der Waals surface area (Å²) in [6, 6.07) is 20.1. The van der Waals surface area contributed by atoms with Crippen LogP contribution in [0.4, 0.5) is 0 Å². The third-order valence-electron chi connectivity index (χ3n) is 4.17. The van der Waals surface area contributed by atoms with E-state index in [9.17, 15) is 0 Å². The lowest BCUT2D eigenvalue weighted by atomic mass is 10.2. The van der Waals surface area contributed by atoms with E-state index in [1.807, 2.05) is 72.3 Å². The standard InChI is InChI=1S/C19H13N3O/c1-12-15-11-17-18(14-9-5-6-10-16(14)23-17)20-19(15)22(21-12)13-7-3-2-4-8-13/h2-11H,1H3. The van der Waals surface area contributed by atoms with Crippen molar-refractivity contribution in [2.24, 2.45) is 0 Å². The van der Waals surface area contributed by atoms with E-state index in [1.54, 1.807) is 0 Å². The van der Waals surface area contributed by atoms with Gasteiger partial charge < -0.3 is 4.42 Å². The molecule has 4 nitrogen and oxygen atoms in total. The van der Waals surface area contributed by atoms with Gasteiger partial charge in [-0.2, -0.15) is 5.10 Å². The number of rotatable bonds is 1. The Morgan fingerprint density at radius 1 is 0.870 bits per heavy atom. The van der Waals surface area contributed by atoms with Crippen LogP contribution in [0.25, 0.3) is 38.8 Å². The normalized spacial score (nSPS) is 11.7. The molecular formula is C19H13N3O. The van der Waals surface area contributed by atoms with Gasteiger partial charge in [-0.3, -0.25) is 0 Å². The minimum absolute atomic E-state index is 0.800. The monoisotopic (exact) mass is 299 g/mol. The van der Waals surface area contributed by atoms with Crippen LogP contribution in [0.2, 0.25) is 0 Å². The van der Waals surface area contributed by atoms with E-state index in [2.05, 4.69) is 5.10 Å². The summed E-state index contributed by atoms with van der Waals surface area (Å²) in [6.45, 7) is 2.00. The van der Waals surface area contributed by atoms with E-state index < -0.39 is 0 Å². The smallest absolute Gasteiger partial charge is 0.164 e. The molecule has 3 aromatic heterocycles. The van der Waals surface area contributed by atoms with E-state index in [1.165, 1.54) is 0 Å². The lowest BCUT2D eigenvalue weighted by Gasteiger charge is -2.01. The Balaban J connectivity index is 1.92. The molecular weight excluding hydrogens is 286 g/mol. The van der Waals surface area contributed by atoms with Gasteiger partial charge in [0.2, 0.25) is 0 Å². The second-order valence-electron chi connectivity index (χ2n) is 5.64. The molecule has 0 atom stereocenters. The summed E-state index contributed by atoms with van der Waals surface area (Å²) >= 11 is 0. The van der Waals surface area contributed by atoms with Crippen LogP contribution in [-0.2, 0) is 0 Å². The third-order valence-corrected chi connectivity index (χ3v) is 4.17. The number of hydrogen-bond donors (Lipinski definition) is 0. The summed E-state index contributed by atoms with van der Waals surface area (Å²) in [7, 11) is 0. The molecule has 0 N–H and O–H groups in total. The van der Waals surface area contributed by atoms with E-state index in [0.29, 0.717) is 0 Å². The molecule has 5 aromatic rings. The fourth-order valence-electron chi connectivity index (χ4n) is 3.05. The highest BCUT2D eigenvalue weighted by Gasteiger charge is 2.15. The fraction of sp³-hybridized carbons (Fsp3) is 0.0526. The van der Waals surface area contributed by atoms with Gasteiger partial charge in [-0.1, -0.05) is 30.3 Å². The summed E-state index contributed by atoms with van der Waals surface area (Å²) in [6.07, 6.45) is 0. The van der Waals surface area contributed by atoms with E-state index in [0.717, 1.165) is 44.5 Å². The lowest BCUT2D eigenvalue weighted by molar-refractivity contribution is 0.669. The Labute approximate surface area is 132 Å². The SMILES string of the molecule is Cc1nn(-c2ccccc2)c2nc3c(cc12)oc1ccccc13. The predicted molar refractivity (Wildman–Crippen MR) is 90.9 cm³/mol. The zero-order chi connectivity index (χ0) is 15.4. The summed E-state index contributed by atoms with van der Waals surface area (Å²) in [5.74, 6) is 0. The zero-order valence-electron chi connectivity index (χ0n) is 12.5. The first-order chi connectivity index (χ1) is 11.3. The molecule has 0 aliphatic heterocycles. The number of benzene rings is 2. The van der Waals surface area contributed by atoms with Crippen LogP contribution in [-0.4, -0.2) is 14.8 Å². The minimum atomic E-state index is 0.800. The van der Waals surface area contributed by atoms with Crippen LogP contribution in [0, 0.1) is 6.92 Å². The van der Waals surface area contributed by atoms with Gasteiger partial charge in [0.1, 0.15) is 11.1 Å². The number of aryl methyl sites for hydroxylation is 1. The van der Waals surface area contributed by atoms with E-state index in [4.69, 9.17) is 9.40 Å². The molecule has 0 amide bonds. The Kier molecular flexibility index (Phi) is 2.39. The Hall–Kier alpha value is -3.14. The predicted octanol–water partition coefficient (Wildman–Crippen LogP) is 4.63. The zero-order valence-corrected chi connectivity index (χ0v) is 12.5. The highest BCUT2D eigenvalue weighted by molar-refractivity contribution is 6.05. The van der Waals surface area contributed by atoms with Gasteiger partial charge in [-0.15, -0.1) is 0 Å². The highest BCUT2D eigenvalue weighted by atomic mass is 16.3. The van der Waals surface area contributed by atoms with Gasteiger partial charge in [0.05, 0.1) is 11.4 Å². The van der Waals surface area contributed by atoms with Gasteiger partial charge >= 0.3 is 0 Å². The van der Waals surface area contributed by atoms with Crippen LogP contribution >= 0.6 is 0 Å². The molecule has 2 aromatic carbocycles. The molecule has 0 fully saturated rings. The average molecular weight is 299 g/mol. The van der Waals surface area contributed by atoms with Crippen molar-refractivity contribution in [3.05, 3.63) is 66.4 Å². The molecule has 110 valence electrons. The number of nitrogens with zero attached hydrogens (tertiary/aromatic N) is 3. The van der Waals surface area contributed by atoms with Crippen molar-refractivity contribution in [2.75, 3.05) is 0 Å². The second kappa shape index (κ2) is 4.43. The maximum atomic E-state index is 5.93. The highest BCUT2D eigenvalue weighted by Crippen LogP contribution is 2.31. The number of hydrogen-bond acceptors (Lipinski definition) is 3. The minimum Gasteiger partial charge on any atom is -0.454 e. The molecule has 0 radical (unpaired) electrons. The molecule has 4 heteroatoms. The summed E-state index contributed by atoms with van der Waals surface area (Å²) in [5.41, 5.74) is 5.34. The maximum absolute atomic E-state index is 5.93. The van der Waals surface area contributed by atoms with Gasteiger partial charge in [0.15, 0.2) is 11.2 Å². The van der Waals surface area contributed by atoms with Crippen molar-refractivity contribution in [3.8, 4) is 5.69 Å². The van der Waals surface area contributed by atoms with Crippen LogP contribution in [0.1, 0.15) is 5.69 Å². The number of furan rings is 1. The van der Waals surface area contributed by atoms with Crippen molar-refractivity contribution < 1.29 is 4.42 Å². The van der Waals surface area contributed by atoms with Crippen molar-refractivity contribution >= 4 is 33.1 Å². The fourth-order valence-corrected chi connectivity index (χ4v) is 3.05. The lowest BCUT2D eigenvalue weighted by Crippen LogP contribution is -1.97. The quantitative estimate of drug-likeness (QED) is 0.453. The largest absolute Gasteiger partial charge is 0.454 e. The van der Waals surface area contributed by atoms with Crippen molar-refractivity contribution in [1.29, 1.82) is 0 Å². The molecule has 0 spiro atoms. The van der Waals surface area contributed by atoms with Crippen molar-refractivity contribution in [1.82, 2.24) is 14.8 Å². The Morgan fingerprint density at radius 3 is 2.52 bits per heavy atom. The number of aromatic nitrogens is 3. The van der Waals surface area contributed by atoms with Crippen LogP contribution < -0.4 is 0 Å². The Morgan fingerprint density at radius 2 is 1.65 bits per heavy atom. The second-order valence-corrected chi connectivity index (χ2v) is 5.64. The Bertz CT molecular complexity index is 1170. The summed E-state index contributed by atoms with van der Waals surface area (Å²) < 4.78 is 7.83. The molecule has 5 rings (SSSR count). The van der Waals surface area contributed by atoms with E-state index in [-0.39, 0.29) is 0 Å². The van der Waals surface area contributed by atoms with Crippen molar-refractivity contribution in [2.45, 2.75) is 6.92 Å². The first-order valence-electron chi connectivity index (χ1n) is 7.54. The van der Waals surface area contributed by atoms with Gasteiger partial charge in [-0.05, 0) is 37.3 Å². The summed E-state index contributed by atoms with van der Waals surface area (Å²) in [4.78, 5) is 4.87. The van der Waals surface area contributed by atoms with Gasteiger partial charge in [-0.25, -0.2) is 9.67 Å².